The molecule has 0 unspecified atom stereocenters. The number of piperidine rings is 1. The van der Waals surface area contributed by atoms with Crippen LogP contribution >= 0.6 is 0 Å². The van der Waals surface area contributed by atoms with Gasteiger partial charge >= 0.3 is 5.97 Å². The van der Waals surface area contributed by atoms with Crippen molar-refractivity contribution in [2.45, 2.75) is 18.9 Å². The molecule has 0 amide bonds. The summed E-state index contributed by atoms with van der Waals surface area (Å²) in [7, 11) is 3.19. The van der Waals surface area contributed by atoms with Gasteiger partial charge in [-0.2, -0.15) is 0 Å². The number of nitrogens with one attached hydrogen (secondary N) is 1. The quantitative estimate of drug-likeness (QED) is 0.779. The van der Waals surface area contributed by atoms with Gasteiger partial charge in [-0.25, -0.2) is 0 Å². The summed E-state index contributed by atoms with van der Waals surface area (Å²) in [5.41, 5.74) is 2.05. The Kier molecular flexibility index (Phi) is 6.19. The van der Waals surface area contributed by atoms with E-state index >= 15 is 0 Å². The molecular formula is C21H25NO5. The van der Waals surface area contributed by atoms with Crippen molar-refractivity contribution < 1.29 is 24.1 Å². The van der Waals surface area contributed by atoms with Crippen LogP contribution in [-0.2, 0) is 11.4 Å². The van der Waals surface area contributed by atoms with Crippen molar-refractivity contribution in [2.24, 2.45) is 5.92 Å². The van der Waals surface area contributed by atoms with E-state index in [1.165, 1.54) is 0 Å². The first-order chi connectivity index (χ1) is 13.1. The van der Waals surface area contributed by atoms with Gasteiger partial charge in [-0.15, -0.1) is 0 Å². The molecular weight excluding hydrogens is 346 g/mol. The predicted octanol–water partition coefficient (Wildman–Crippen LogP) is 3.06. The molecule has 0 aromatic heterocycles. The lowest BCUT2D eigenvalue weighted by atomic mass is 9.81. The average Bonchev–Trinajstić information content (AvgIpc) is 2.72. The molecule has 1 saturated heterocycles. The molecule has 6 heteroatoms. The van der Waals surface area contributed by atoms with Crippen molar-refractivity contribution >= 4 is 5.97 Å². The van der Waals surface area contributed by atoms with E-state index in [0.717, 1.165) is 24.1 Å². The Labute approximate surface area is 159 Å². The van der Waals surface area contributed by atoms with Crippen LogP contribution in [0.3, 0.4) is 0 Å². The molecule has 1 aliphatic heterocycles. The monoisotopic (exact) mass is 371 g/mol. The summed E-state index contributed by atoms with van der Waals surface area (Å²) >= 11 is 0. The molecule has 0 saturated carbocycles. The smallest absolute Gasteiger partial charge is 0.308 e. The molecule has 2 atom stereocenters. The Hall–Kier alpha value is -2.73. The van der Waals surface area contributed by atoms with Gasteiger partial charge in [0.1, 0.15) is 23.9 Å². The first kappa shape index (κ1) is 19.0. The summed E-state index contributed by atoms with van der Waals surface area (Å²) in [6, 6.07) is 13.4. The summed E-state index contributed by atoms with van der Waals surface area (Å²) in [5, 5.41) is 12.7. The maximum Gasteiger partial charge on any atom is 0.308 e. The molecule has 0 bridgehead atoms. The van der Waals surface area contributed by atoms with E-state index in [4.69, 9.17) is 14.2 Å². The van der Waals surface area contributed by atoms with Gasteiger partial charge in [0.05, 0.1) is 20.1 Å². The Bertz CT molecular complexity index is 770. The predicted molar refractivity (Wildman–Crippen MR) is 102 cm³/mol. The number of aliphatic carboxylic acids is 1. The molecule has 3 rings (SSSR count). The van der Waals surface area contributed by atoms with Gasteiger partial charge in [0, 0.05) is 24.7 Å². The summed E-state index contributed by atoms with van der Waals surface area (Å²) in [6.45, 7) is 1.72. The SMILES string of the molecule is COc1cc(OC)cc(OCc2cccc([C@H]3CCNC[C@@H]3C(=O)O)c2)c1. The van der Waals surface area contributed by atoms with Crippen molar-refractivity contribution in [2.75, 3.05) is 27.3 Å². The largest absolute Gasteiger partial charge is 0.496 e. The maximum atomic E-state index is 11.6. The summed E-state index contributed by atoms with van der Waals surface area (Å²) in [4.78, 5) is 11.6. The van der Waals surface area contributed by atoms with Crippen LogP contribution in [0.5, 0.6) is 17.2 Å². The summed E-state index contributed by atoms with van der Waals surface area (Å²) < 4.78 is 16.4. The number of ether oxygens (including phenoxy) is 3. The lowest BCUT2D eigenvalue weighted by Crippen LogP contribution is -2.39. The van der Waals surface area contributed by atoms with Gasteiger partial charge in [-0.05, 0) is 30.0 Å². The molecule has 0 spiro atoms. The number of methoxy groups -OCH3 is 2. The highest BCUT2D eigenvalue weighted by atomic mass is 16.5. The number of hydrogen-bond donors (Lipinski definition) is 2. The fourth-order valence-electron chi connectivity index (χ4n) is 3.46. The van der Waals surface area contributed by atoms with Gasteiger partial charge in [0.25, 0.3) is 0 Å². The Balaban J connectivity index is 1.73. The van der Waals surface area contributed by atoms with Gasteiger partial charge in [0.2, 0.25) is 0 Å². The molecule has 1 fully saturated rings. The van der Waals surface area contributed by atoms with Crippen molar-refractivity contribution in [1.82, 2.24) is 5.32 Å². The van der Waals surface area contributed by atoms with E-state index in [1.807, 2.05) is 24.3 Å². The number of rotatable bonds is 7. The lowest BCUT2D eigenvalue weighted by molar-refractivity contribution is -0.142. The van der Waals surface area contributed by atoms with Crippen LogP contribution in [0.4, 0.5) is 0 Å². The molecule has 6 nitrogen and oxygen atoms in total. The minimum absolute atomic E-state index is 0.0145. The maximum absolute atomic E-state index is 11.6. The molecule has 2 aromatic carbocycles. The van der Waals surface area contributed by atoms with Gasteiger partial charge in [-0.3, -0.25) is 4.79 Å². The number of hydrogen-bond acceptors (Lipinski definition) is 5. The van der Waals surface area contributed by atoms with Crippen LogP contribution in [0.25, 0.3) is 0 Å². The van der Waals surface area contributed by atoms with Crippen LogP contribution < -0.4 is 19.5 Å². The van der Waals surface area contributed by atoms with E-state index < -0.39 is 11.9 Å². The van der Waals surface area contributed by atoms with Crippen LogP contribution in [0, 0.1) is 5.92 Å². The van der Waals surface area contributed by atoms with E-state index in [9.17, 15) is 9.90 Å². The fourth-order valence-corrected chi connectivity index (χ4v) is 3.46. The average molecular weight is 371 g/mol. The normalized spacial score (nSPS) is 19.3. The van der Waals surface area contributed by atoms with Crippen LogP contribution in [-0.4, -0.2) is 38.4 Å². The molecule has 27 heavy (non-hydrogen) atoms. The molecule has 2 N–H and O–H groups in total. The molecule has 2 aromatic rings. The Morgan fingerprint density at radius 3 is 2.48 bits per heavy atom. The molecule has 0 aliphatic carbocycles. The second-order valence-corrected chi connectivity index (χ2v) is 6.63. The Morgan fingerprint density at radius 1 is 1.11 bits per heavy atom. The topological polar surface area (TPSA) is 77.0 Å². The second-order valence-electron chi connectivity index (χ2n) is 6.63. The second kappa shape index (κ2) is 8.77. The van der Waals surface area contributed by atoms with E-state index in [0.29, 0.717) is 30.4 Å². The van der Waals surface area contributed by atoms with E-state index in [1.54, 1.807) is 32.4 Å². The van der Waals surface area contributed by atoms with Crippen LogP contribution in [0.15, 0.2) is 42.5 Å². The first-order valence-corrected chi connectivity index (χ1v) is 8.99. The zero-order valence-corrected chi connectivity index (χ0v) is 15.6. The molecule has 1 heterocycles. The third kappa shape index (κ3) is 4.71. The Morgan fingerprint density at radius 2 is 1.81 bits per heavy atom. The number of carboxylic acid groups (broad SMARTS) is 1. The molecule has 144 valence electrons. The van der Waals surface area contributed by atoms with E-state index in [-0.39, 0.29) is 5.92 Å². The third-order valence-electron chi connectivity index (χ3n) is 4.91. The zero-order valence-electron chi connectivity index (χ0n) is 15.6. The molecule has 0 radical (unpaired) electrons. The minimum Gasteiger partial charge on any atom is -0.496 e. The van der Waals surface area contributed by atoms with Crippen LogP contribution in [0.1, 0.15) is 23.5 Å². The van der Waals surface area contributed by atoms with Crippen LogP contribution in [0.2, 0.25) is 0 Å². The number of carboxylic acids is 1. The lowest BCUT2D eigenvalue weighted by Gasteiger charge is -2.29. The van der Waals surface area contributed by atoms with Crippen molar-refractivity contribution in [3.05, 3.63) is 53.6 Å². The highest BCUT2D eigenvalue weighted by Crippen LogP contribution is 2.32. The fraction of sp³-hybridized carbons (Fsp3) is 0.381. The third-order valence-corrected chi connectivity index (χ3v) is 4.91. The van der Waals surface area contributed by atoms with Crippen molar-refractivity contribution in [3.63, 3.8) is 0 Å². The highest BCUT2D eigenvalue weighted by molar-refractivity contribution is 5.72. The van der Waals surface area contributed by atoms with Crippen molar-refractivity contribution in [3.8, 4) is 17.2 Å². The van der Waals surface area contributed by atoms with Crippen molar-refractivity contribution in [1.29, 1.82) is 0 Å². The zero-order chi connectivity index (χ0) is 19.2. The van der Waals surface area contributed by atoms with Gasteiger partial charge in [-0.1, -0.05) is 24.3 Å². The molecule has 1 aliphatic rings. The minimum atomic E-state index is -0.752. The number of benzene rings is 2. The standard InChI is InChI=1S/C21H25NO5/c1-25-16-9-17(26-2)11-18(10-16)27-13-14-4-3-5-15(8-14)19-6-7-22-12-20(19)21(23)24/h3-5,8-11,19-20,22H,6-7,12-13H2,1-2H3,(H,23,24)/t19-,20+/m1/s1. The summed E-state index contributed by atoms with van der Waals surface area (Å²) in [6.07, 6.45) is 0.814. The van der Waals surface area contributed by atoms with Gasteiger partial charge in [0.15, 0.2) is 0 Å². The number of carbonyl (C=O) groups is 1. The van der Waals surface area contributed by atoms with E-state index in [2.05, 4.69) is 5.32 Å². The first-order valence-electron chi connectivity index (χ1n) is 8.99. The van der Waals surface area contributed by atoms with Gasteiger partial charge < -0.3 is 24.6 Å². The highest BCUT2D eigenvalue weighted by Gasteiger charge is 2.31. The summed E-state index contributed by atoms with van der Waals surface area (Å²) in [5.74, 6) is 0.839.